The predicted octanol–water partition coefficient (Wildman–Crippen LogP) is 2.12. The first-order chi connectivity index (χ1) is 12.1. The molecular formula is C18H26N2O5. The average Bonchev–Trinajstić information content (AvgIpc) is 2.61. The van der Waals surface area contributed by atoms with Gasteiger partial charge < -0.3 is 20.1 Å². The van der Waals surface area contributed by atoms with Crippen molar-refractivity contribution in [3.63, 3.8) is 0 Å². The summed E-state index contributed by atoms with van der Waals surface area (Å²) in [5.74, 6) is -0.861. The van der Waals surface area contributed by atoms with E-state index >= 15 is 0 Å². The summed E-state index contributed by atoms with van der Waals surface area (Å²) < 4.78 is 9.64. The van der Waals surface area contributed by atoms with Gasteiger partial charge in [0, 0.05) is 31.3 Å². The summed E-state index contributed by atoms with van der Waals surface area (Å²) >= 11 is 0. The number of unbranched alkanes of at least 4 members (excludes halogenated alkanes) is 1. The predicted molar refractivity (Wildman–Crippen MR) is 94.4 cm³/mol. The minimum Gasteiger partial charge on any atom is -0.463 e. The fourth-order valence-corrected chi connectivity index (χ4v) is 1.94. The van der Waals surface area contributed by atoms with Crippen LogP contribution in [0.15, 0.2) is 24.3 Å². The molecule has 0 aromatic heterocycles. The first-order valence-electron chi connectivity index (χ1n) is 8.39. The van der Waals surface area contributed by atoms with E-state index in [1.54, 1.807) is 24.3 Å². The maximum absolute atomic E-state index is 11.9. The highest BCUT2D eigenvalue weighted by Crippen LogP contribution is 2.10. The number of hydrogen-bond donors (Lipinski definition) is 2. The van der Waals surface area contributed by atoms with Crippen LogP contribution in [0, 0.1) is 0 Å². The average molecular weight is 350 g/mol. The maximum Gasteiger partial charge on any atom is 0.306 e. The summed E-state index contributed by atoms with van der Waals surface area (Å²) in [6.45, 7) is 3.21. The minimum atomic E-state index is -0.439. The van der Waals surface area contributed by atoms with Gasteiger partial charge in [-0.1, -0.05) is 13.3 Å². The molecular weight excluding hydrogens is 324 g/mol. The van der Waals surface area contributed by atoms with Crippen LogP contribution in [0.1, 0.15) is 43.0 Å². The van der Waals surface area contributed by atoms with Crippen molar-refractivity contribution in [1.29, 1.82) is 0 Å². The van der Waals surface area contributed by atoms with Crippen molar-refractivity contribution in [3.8, 4) is 0 Å². The summed E-state index contributed by atoms with van der Waals surface area (Å²) in [7, 11) is 1.52. The van der Waals surface area contributed by atoms with Crippen molar-refractivity contribution < 1.29 is 23.9 Å². The Bertz CT molecular complexity index is 557. The molecule has 138 valence electrons. The summed E-state index contributed by atoms with van der Waals surface area (Å²) in [5.41, 5.74) is 1.11. The van der Waals surface area contributed by atoms with Gasteiger partial charge in [0.05, 0.1) is 13.0 Å². The van der Waals surface area contributed by atoms with Gasteiger partial charge in [-0.3, -0.25) is 14.4 Å². The summed E-state index contributed by atoms with van der Waals surface area (Å²) in [5, 5.41) is 5.51. The molecule has 0 aliphatic heterocycles. The van der Waals surface area contributed by atoms with Crippen LogP contribution in [0.5, 0.6) is 0 Å². The van der Waals surface area contributed by atoms with Gasteiger partial charge in [0.25, 0.3) is 5.91 Å². The molecule has 2 N–H and O–H groups in total. The van der Waals surface area contributed by atoms with Crippen LogP contribution in [-0.4, -0.2) is 44.7 Å². The number of rotatable bonds is 11. The van der Waals surface area contributed by atoms with E-state index < -0.39 is 5.97 Å². The van der Waals surface area contributed by atoms with Gasteiger partial charge in [0.15, 0.2) is 0 Å². The van der Waals surface area contributed by atoms with E-state index in [0.717, 1.165) is 12.8 Å². The zero-order chi connectivity index (χ0) is 18.5. The molecule has 0 spiro atoms. The Morgan fingerprint density at radius 3 is 2.40 bits per heavy atom. The number of benzene rings is 1. The van der Waals surface area contributed by atoms with E-state index in [0.29, 0.717) is 24.4 Å². The van der Waals surface area contributed by atoms with Crippen molar-refractivity contribution >= 4 is 23.5 Å². The largest absolute Gasteiger partial charge is 0.463 e. The number of esters is 1. The van der Waals surface area contributed by atoms with E-state index in [4.69, 9.17) is 9.47 Å². The van der Waals surface area contributed by atoms with Gasteiger partial charge in [-0.2, -0.15) is 0 Å². The molecule has 0 aliphatic rings. The standard InChI is InChI=1S/C18H26N2O5/c1-3-4-11-19-18(23)14-5-7-15(8-6-14)20-16(21)9-10-17(22)25-13-12-24-2/h5-8H,3-4,9-13H2,1-2H3,(H,19,23)(H,20,21). The fraction of sp³-hybridized carbons (Fsp3) is 0.500. The molecule has 0 saturated heterocycles. The second kappa shape index (κ2) is 12.0. The van der Waals surface area contributed by atoms with Crippen molar-refractivity contribution in [3.05, 3.63) is 29.8 Å². The number of hydrogen-bond acceptors (Lipinski definition) is 5. The lowest BCUT2D eigenvalue weighted by Crippen LogP contribution is -2.24. The molecule has 1 aromatic rings. The fourth-order valence-electron chi connectivity index (χ4n) is 1.94. The van der Waals surface area contributed by atoms with Crippen LogP contribution in [0.2, 0.25) is 0 Å². The van der Waals surface area contributed by atoms with E-state index in [1.165, 1.54) is 7.11 Å². The SMILES string of the molecule is CCCCNC(=O)c1ccc(NC(=O)CCC(=O)OCCOC)cc1. The minimum absolute atomic E-state index is 0.00741. The van der Waals surface area contributed by atoms with Crippen LogP contribution in [0.25, 0.3) is 0 Å². The molecule has 1 rings (SSSR count). The molecule has 0 fully saturated rings. The Morgan fingerprint density at radius 2 is 1.76 bits per heavy atom. The smallest absolute Gasteiger partial charge is 0.306 e. The van der Waals surface area contributed by atoms with Gasteiger partial charge in [-0.25, -0.2) is 0 Å². The van der Waals surface area contributed by atoms with Gasteiger partial charge in [0.2, 0.25) is 5.91 Å². The number of ether oxygens (including phenoxy) is 2. The highest BCUT2D eigenvalue weighted by molar-refractivity contribution is 5.96. The molecule has 7 nitrogen and oxygen atoms in total. The van der Waals surface area contributed by atoms with Crippen LogP contribution in [0.4, 0.5) is 5.69 Å². The third-order valence-electron chi connectivity index (χ3n) is 3.35. The third-order valence-corrected chi connectivity index (χ3v) is 3.35. The number of anilines is 1. The van der Waals surface area contributed by atoms with E-state index in [2.05, 4.69) is 17.6 Å². The summed E-state index contributed by atoms with van der Waals surface area (Å²) in [6, 6.07) is 6.61. The van der Waals surface area contributed by atoms with E-state index in [9.17, 15) is 14.4 Å². The quantitative estimate of drug-likeness (QED) is 0.471. The monoisotopic (exact) mass is 350 g/mol. The molecule has 0 aliphatic carbocycles. The van der Waals surface area contributed by atoms with Crippen molar-refractivity contribution in [2.75, 3.05) is 32.2 Å². The summed E-state index contributed by atoms with van der Waals surface area (Å²) in [6.07, 6.45) is 2.00. The molecule has 7 heteroatoms. The second-order valence-electron chi connectivity index (χ2n) is 5.45. The van der Waals surface area contributed by atoms with Crippen LogP contribution in [0.3, 0.4) is 0 Å². The maximum atomic E-state index is 11.9. The molecule has 0 unspecified atom stereocenters. The zero-order valence-corrected chi connectivity index (χ0v) is 14.8. The van der Waals surface area contributed by atoms with Crippen molar-refractivity contribution in [1.82, 2.24) is 5.32 Å². The first-order valence-corrected chi connectivity index (χ1v) is 8.39. The number of nitrogens with one attached hydrogen (secondary N) is 2. The van der Waals surface area contributed by atoms with E-state index in [-0.39, 0.29) is 31.3 Å². The Labute approximate surface area is 148 Å². The highest BCUT2D eigenvalue weighted by atomic mass is 16.6. The third kappa shape index (κ3) is 8.85. The lowest BCUT2D eigenvalue weighted by molar-refractivity contribution is -0.145. The Hall–Kier alpha value is -2.41. The number of carbonyl (C=O) groups is 3. The van der Waals surface area contributed by atoms with Gasteiger partial charge in [-0.05, 0) is 30.7 Å². The summed E-state index contributed by atoms with van der Waals surface area (Å²) in [4.78, 5) is 35.1. The zero-order valence-electron chi connectivity index (χ0n) is 14.8. The van der Waals surface area contributed by atoms with Gasteiger partial charge >= 0.3 is 5.97 Å². The molecule has 0 atom stereocenters. The van der Waals surface area contributed by atoms with Crippen LogP contribution >= 0.6 is 0 Å². The van der Waals surface area contributed by atoms with Crippen LogP contribution < -0.4 is 10.6 Å². The Balaban J connectivity index is 2.35. The lowest BCUT2D eigenvalue weighted by atomic mass is 10.2. The van der Waals surface area contributed by atoms with Gasteiger partial charge in [0.1, 0.15) is 6.61 Å². The number of amides is 2. The van der Waals surface area contributed by atoms with E-state index in [1.807, 2.05) is 0 Å². The Kier molecular flexibility index (Phi) is 9.92. The van der Waals surface area contributed by atoms with Gasteiger partial charge in [-0.15, -0.1) is 0 Å². The Morgan fingerprint density at radius 1 is 1.04 bits per heavy atom. The molecule has 25 heavy (non-hydrogen) atoms. The normalized spacial score (nSPS) is 10.2. The molecule has 0 radical (unpaired) electrons. The second-order valence-corrected chi connectivity index (χ2v) is 5.45. The lowest BCUT2D eigenvalue weighted by Gasteiger charge is -2.07. The van der Waals surface area contributed by atoms with Crippen molar-refractivity contribution in [2.45, 2.75) is 32.6 Å². The molecule has 0 bridgehead atoms. The molecule has 0 saturated carbocycles. The van der Waals surface area contributed by atoms with Crippen LogP contribution in [-0.2, 0) is 19.1 Å². The number of methoxy groups -OCH3 is 1. The van der Waals surface area contributed by atoms with Crippen molar-refractivity contribution in [2.24, 2.45) is 0 Å². The molecule has 0 heterocycles. The topological polar surface area (TPSA) is 93.7 Å². The molecule has 2 amide bonds. The number of carbonyl (C=O) groups excluding carboxylic acids is 3. The first kappa shape index (κ1) is 20.6. The highest BCUT2D eigenvalue weighted by Gasteiger charge is 2.09. The molecule has 1 aromatic carbocycles.